The Morgan fingerprint density at radius 3 is 3.00 bits per heavy atom. The molecule has 0 radical (unpaired) electrons. The first-order valence-electron chi connectivity index (χ1n) is 7.20. The van der Waals surface area contributed by atoms with Gasteiger partial charge in [-0.25, -0.2) is 4.98 Å². The standard InChI is InChI=1S/C15H25N3O/c1-11(2)19-14-5-4-7-17-15(14)18-8-6-12(3)9-13(18)10-16/h4-5,7,11-13H,6,8-10,16H2,1-3H3. The Morgan fingerprint density at radius 1 is 1.53 bits per heavy atom. The van der Waals surface area contributed by atoms with Crippen molar-refractivity contribution in [2.24, 2.45) is 11.7 Å². The van der Waals surface area contributed by atoms with E-state index in [4.69, 9.17) is 10.5 Å². The Bertz CT molecular complexity index is 408. The molecule has 0 aliphatic carbocycles. The third-order valence-electron chi connectivity index (χ3n) is 3.64. The van der Waals surface area contributed by atoms with Crippen molar-refractivity contribution in [1.29, 1.82) is 0 Å². The van der Waals surface area contributed by atoms with E-state index in [1.54, 1.807) is 0 Å². The lowest BCUT2D eigenvalue weighted by atomic mass is 9.92. The molecule has 1 aromatic heterocycles. The van der Waals surface area contributed by atoms with E-state index in [1.165, 1.54) is 6.42 Å². The van der Waals surface area contributed by atoms with Crippen LogP contribution in [-0.4, -0.2) is 30.2 Å². The van der Waals surface area contributed by atoms with Gasteiger partial charge in [0.05, 0.1) is 6.10 Å². The fourth-order valence-corrected chi connectivity index (χ4v) is 2.70. The van der Waals surface area contributed by atoms with Gasteiger partial charge in [0.25, 0.3) is 0 Å². The minimum atomic E-state index is 0.156. The molecular formula is C15H25N3O. The van der Waals surface area contributed by atoms with Crippen LogP contribution < -0.4 is 15.4 Å². The predicted octanol–water partition coefficient (Wildman–Crippen LogP) is 2.43. The first-order chi connectivity index (χ1) is 9.11. The summed E-state index contributed by atoms with van der Waals surface area (Å²) in [6.45, 7) is 8.05. The van der Waals surface area contributed by atoms with Gasteiger partial charge in [-0.1, -0.05) is 6.92 Å². The normalized spacial score (nSPS) is 23.7. The molecule has 1 aliphatic heterocycles. The average molecular weight is 263 g/mol. The predicted molar refractivity (Wildman–Crippen MR) is 78.6 cm³/mol. The van der Waals surface area contributed by atoms with Gasteiger partial charge in [0, 0.05) is 25.3 Å². The van der Waals surface area contributed by atoms with Crippen LogP contribution in [0.3, 0.4) is 0 Å². The first-order valence-corrected chi connectivity index (χ1v) is 7.20. The smallest absolute Gasteiger partial charge is 0.171 e. The number of nitrogens with two attached hydrogens (primary N) is 1. The summed E-state index contributed by atoms with van der Waals surface area (Å²) in [5, 5.41) is 0. The van der Waals surface area contributed by atoms with Crippen LogP contribution in [0.4, 0.5) is 5.82 Å². The van der Waals surface area contributed by atoms with Crippen molar-refractivity contribution in [2.75, 3.05) is 18.0 Å². The number of hydrogen-bond donors (Lipinski definition) is 1. The Hall–Kier alpha value is -1.29. The van der Waals surface area contributed by atoms with E-state index in [0.717, 1.165) is 30.5 Å². The molecule has 2 heterocycles. The van der Waals surface area contributed by atoms with E-state index in [0.29, 0.717) is 12.6 Å². The molecule has 1 aromatic rings. The van der Waals surface area contributed by atoms with Gasteiger partial charge in [0.2, 0.25) is 0 Å². The van der Waals surface area contributed by atoms with Crippen molar-refractivity contribution in [3.8, 4) is 5.75 Å². The quantitative estimate of drug-likeness (QED) is 0.906. The van der Waals surface area contributed by atoms with Gasteiger partial charge in [0.1, 0.15) is 0 Å². The fourth-order valence-electron chi connectivity index (χ4n) is 2.70. The summed E-state index contributed by atoms with van der Waals surface area (Å²) >= 11 is 0. The van der Waals surface area contributed by atoms with E-state index >= 15 is 0 Å². The van der Waals surface area contributed by atoms with E-state index in [2.05, 4.69) is 16.8 Å². The second-order valence-corrected chi connectivity index (χ2v) is 5.70. The van der Waals surface area contributed by atoms with E-state index in [-0.39, 0.29) is 6.10 Å². The van der Waals surface area contributed by atoms with Crippen LogP contribution in [0.1, 0.15) is 33.6 Å². The van der Waals surface area contributed by atoms with Crippen LogP contribution >= 0.6 is 0 Å². The van der Waals surface area contributed by atoms with Gasteiger partial charge >= 0.3 is 0 Å². The van der Waals surface area contributed by atoms with Crippen molar-refractivity contribution in [2.45, 2.75) is 45.8 Å². The molecule has 1 aliphatic rings. The highest BCUT2D eigenvalue weighted by Crippen LogP contribution is 2.32. The van der Waals surface area contributed by atoms with Crippen molar-refractivity contribution >= 4 is 5.82 Å². The highest BCUT2D eigenvalue weighted by molar-refractivity contribution is 5.53. The lowest BCUT2D eigenvalue weighted by molar-refractivity contribution is 0.240. The number of ether oxygens (including phenoxy) is 1. The van der Waals surface area contributed by atoms with E-state index in [9.17, 15) is 0 Å². The molecule has 1 saturated heterocycles. The topological polar surface area (TPSA) is 51.4 Å². The Kier molecular flexibility index (Phi) is 4.64. The third kappa shape index (κ3) is 3.38. The molecule has 1 fully saturated rings. The highest BCUT2D eigenvalue weighted by Gasteiger charge is 2.28. The zero-order chi connectivity index (χ0) is 13.8. The number of rotatable bonds is 4. The van der Waals surface area contributed by atoms with Crippen molar-refractivity contribution in [3.63, 3.8) is 0 Å². The summed E-state index contributed by atoms with van der Waals surface area (Å²) < 4.78 is 5.87. The van der Waals surface area contributed by atoms with Crippen molar-refractivity contribution in [3.05, 3.63) is 18.3 Å². The molecule has 2 rings (SSSR count). The molecule has 19 heavy (non-hydrogen) atoms. The summed E-state index contributed by atoms with van der Waals surface area (Å²) in [6, 6.07) is 4.28. The second-order valence-electron chi connectivity index (χ2n) is 5.70. The minimum absolute atomic E-state index is 0.156. The fraction of sp³-hybridized carbons (Fsp3) is 0.667. The lowest BCUT2D eigenvalue weighted by Crippen LogP contribution is -2.47. The van der Waals surface area contributed by atoms with Crippen LogP contribution in [0.5, 0.6) is 5.75 Å². The summed E-state index contributed by atoms with van der Waals surface area (Å²) in [4.78, 5) is 6.84. The number of pyridine rings is 1. The first kappa shape index (κ1) is 14.1. The number of anilines is 1. The van der Waals surface area contributed by atoms with E-state index < -0.39 is 0 Å². The second kappa shape index (κ2) is 6.24. The Labute approximate surface area is 116 Å². The molecule has 106 valence electrons. The maximum Gasteiger partial charge on any atom is 0.171 e. The third-order valence-corrected chi connectivity index (χ3v) is 3.64. The number of piperidine rings is 1. The molecule has 2 N–H and O–H groups in total. The number of aromatic nitrogens is 1. The van der Waals surface area contributed by atoms with Gasteiger partial charge in [-0.3, -0.25) is 0 Å². The van der Waals surface area contributed by atoms with Crippen LogP contribution in [0.15, 0.2) is 18.3 Å². The summed E-state index contributed by atoms with van der Waals surface area (Å²) in [6.07, 6.45) is 4.30. The van der Waals surface area contributed by atoms with Crippen LogP contribution in [0.2, 0.25) is 0 Å². The molecule has 4 nitrogen and oxygen atoms in total. The molecule has 0 aromatic carbocycles. The van der Waals surface area contributed by atoms with E-state index in [1.807, 2.05) is 32.2 Å². The SMILES string of the molecule is CC1CCN(c2ncccc2OC(C)C)C(CN)C1. The van der Waals surface area contributed by atoms with Crippen LogP contribution in [-0.2, 0) is 0 Å². The molecular weight excluding hydrogens is 238 g/mol. The Balaban J connectivity index is 2.24. The van der Waals surface area contributed by atoms with Crippen molar-refractivity contribution < 1.29 is 4.74 Å². The van der Waals surface area contributed by atoms with Crippen LogP contribution in [0.25, 0.3) is 0 Å². The lowest BCUT2D eigenvalue weighted by Gasteiger charge is -2.39. The molecule has 0 bridgehead atoms. The van der Waals surface area contributed by atoms with Crippen LogP contribution in [0, 0.1) is 5.92 Å². The average Bonchev–Trinajstić information content (AvgIpc) is 2.39. The molecule has 0 saturated carbocycles. The summed E-state index contributed by atoms with van der Waals surface area (Å²) in [7, 11) is 0. The monoisotopic (exact) mass is 263 g/mol. The molecule has 4 heteroatoms. The summed E-state index contributed by atoms with van der Waals surface area (Å²) in [5.74, 6) is 2.55. The van der Waals surface area contributed by atoms with Gasteiger partial charge in [0.15, 0.2) is 11.6 Å². The maximum atomic E-state index is 5.93. The zero-order valence-electron chi connectivity index (χ0n) is 12.2. The molecule has 0 amide bonds. The van der Waals surface area contributed by atoms with Gasteiger partial charge in [-0.05, 0) is 44.7 Å². The molecule has 0 spiro atoms. The summed E-state index contributed by atoms with van der Waals surface area (Å²) in [5.41, 5.74) is 5.93. The zero-order valence-corrected chi connectivity index (χ0v) is 12.2. The highest BCUT2D eigenvalue weighted by atomic mass is 16.5. The van der Waals surface area contributed by atoms with Gasteiger partial charge < -0.3 is 15.4 Å². The molecule has 2 unspecified atom stereocenters. The molecule has 2 atom stereocenters. The van der Waals surface area contributed by atoms with Gasteiger partial charge in [-0.2, -0.15) is 0 Å². The largest absolute Gasteiger partial charge is 0.487 e. The minimum Gasteiger partial charge on any atom is -0.487 e. The van der Waals surface area contributed by atoms with Gasteiger partial charge in [-0.15, -0.1) is 0 Å². The number of hydrogen-bond acceptors (Lipinski definition) is 4. The maximum absolute atomic E-state index is 5.93. The number of nitrogens with zero attached hydrogens (tertiary/aromatic N) is 2. The Morgan fingerprint density at radius 2 is 2.32 bits per heavy atom. The van der Waals surface area contributed by atoms with Crippen molar-refractivity contribution in [1.82, 2.24) is 4.98 Å².